The predicted molar refractivity (Wildman–Crippen MR) is 151 cm³/mol. The summed E-state index contributed by atoms with van der Waals surface area (Å²) in [6.07, 6.45) is 0.398. The molecule has 6 aliphatic heterocycles. The molecule has 0 amide bonds. The molecule has 2 bridgehead atoms. The zero-order chi connectivity index (χ0) is 30.2. The number of fused-ring (bicyclic) bond motifs is 8. The number of carbonyl (C=O) groups excluding carboxylic acids is 1. The number of Topliss-reactive ketones (excluding diaryl/α,β-unsaturated/α-hetero) is 1. The van der Waals surface area contributed by atoms with E-state index in [1.165, 1.54) is 0 Å². The van der Waals surface area contributed by atoms with Crippen molar-refractivity contribution in [3.8, 4) is 17.2 Å². The van der Waals surface area contributed by atoms with Crippen molar-refractivity contribution in [1.29, 1.82) is 0 Å². The lowest BCUT2D eigenvalue weighted by molar-refractivity contribution is -0.384. The van der Waals surface area contributed by atoms with Crippen molar-refractivity contribution >= 4 is 16.6 Å². The highest BCUT2D eigenvalue weighted by atomic mass is 16.9. The van der Waals surface area contributed by atoms with Crippen molar-refractivity contribution in [2.24, 2.45) is 5.73 Å². The normalized spacial score (nSPS) is 40.6. The zero-order valence-electron chi connectivity index (χ0n) is 25.0. The second-order valence-corrected chi connectivity index (χ2v) is 13.1. The van der Waals surface area contributed by atoms with Crippen LogP contribution in [-0.2, 0) is 39.6 Å². The van der Waals surface area contributed by atoms with Gasteiger partial charge in [-0.3, -0.25) is 4.79 Å². The summed E-state index contributed by atoms with van der Waals surface area (Å²) in [5.41, 5.74) is 7.54. The Labute approximate surface area is 253 Å². The molecule has 2 aromatic carbocycles. The molecule has 236 valence electrons. The smallest absolute Gasteiger partial charge is 0.279 e. The topological polar surface area (TPSA) is 150 Å². The molecule has 1 aliphatic carbocycles. The van der Waals surface area contributed by atoms with E-state index in [2.05, 4.69) is 0 Å². The number of benzene rings is 2. The van der Waals surface area contributed by atoms with Gasteiger partial charge in [-0.2, -0.15) is 0 Å². The van der Waals surface area contributed by atoms with Gasteiger partial charge in [0.25, 0.3) is 11.6 Å². The van der Waals surface area contributed by atoms with Crippen molar-refractivity contribution in [3.63, 3.8) is 0 Å². The molecular formula is C32H37NO11. The molecule has 4 unspecified atom stereocenters. The van der Waals surface area contributed by atoms with Gasteiger partial charge in [-0.25, -0.2) is 0 Å². The number of hydrogen-bond acceptors (Lipinski definition) is 12. The number of ketones is 1. The molecule has 9 rings (SSSR count). The van der Waals surface area contributed by atoms with E-state index in [0.29, 0.717) is 78.7 Å². The first-order valence-corrected chi connectivity index (χ1v) is 15.7. The van der Waals surface area contributed by atoms with Crippen LogP contribution in [0.15, 0.2) is 6.07 Å². The number of ether oxygens (including phenoxy) is 9. The predicted octanol–water partition coefficient (Wildman–Crippen LogP) is 3.04. The summed E-state index contributed by atoms with van der Waals surface area (Å²) < 4.78 is 58.3. The number of nitrogens with two attached hydrogens (primary N) is 1. The third kappa shape index (κ3) is 3.27. The van der Waals surface area contributed by atoms with Gasteiger partial charge >= 0.3 is 0 Å². The van der Waals surface area contributed by atoms with E-state index in [-0.39, 0.29) is 35.8 Å². The van der Waals surface area contributed by atoms with E-state index in [1.54, 1.807) is 7.11 Å². The number of hydrogen-bond donors (Lipinski definition) is 2. The van der Waals surface area contributed by atoms with Crippen molar-refractivity contribution in [3.05, 3.63) is 28.3 Å². The Kier molecular flexibility index (Phi) is 5.84. The maximum atomic E-state index is 13.2. The van der Waals surface area contributed by atoms with Gasteiger partial charge in [-0.15, -0.1) is 0 Å². The van der Waals surface area contributed by atoms with Crippen LogP contribution in [0.4, 0.5) is 0 Å². The average molecular weight is 612 g/mol. The number of phenols is 1. The van der Waals surface area contributed by atoms with Gasteiger partial charge in [0.15, 0.2) is 18.2 Å². The highest BCUT2D eigenvalue weighted by molar-refractivity contribution is 6.11. The van der Waals surface area contributed by atoms with Gasteiger partial charge in [0.05, 0.1) is 44.0 Å². The van der Waals surface area contributed by atoms with Crippen LogP contribution in [0.5, 0.6) is 17.2 Å². The molecule has 5 fully saturated rings. The molecule has 2 aromatic rings. The van der Waals surface area contributed by atoms with Gasteiger partial charge in [0.2, 0.25) is 11.9 Å². The average Bonchev–Trinajstić information content (AvgIpc) is 3.68. The van der Waals surface area contributed by atoms with Crippen LogP contribution in [-0.4, -0.2) is 85.8 Å². The minimum atomic E-state index is -1.56. The van der Waals surface area contributed by atoms with Gasteiger partial charge in [0, 0.05) is 35.4 Å². The summed E-state index contributed by atoms with van der Waals surface area (Å²) in [6.45, 7) is 5.04. The van der Waals surface area contributed by atoms with Crippen LogP contribution in [0.1, 0.15) is 72.2 Å². The molecule has 0 aromatic heterocycles. The lowest BCUT2D eigenvalue weighted by Crippen LogP contribution is -2.71. The van der Waals surface area contributed by atoms with Gasteiger partial charge in [-0.1, -0.05) is 0 Å². The van der Waals surface area contributed by atoms with Crippen molar-refractivity contribution in [1.82, 2.24) is 0 Å². The second kappa shape index (κ2) is 9.26. The van der Waals surface area contributed by atoms with E-state index in [0.717, 1.165) is 12.0 Å². The maximum Gasteiger partial charge on any atom is 0.279 e. The van der Waals surface area contributed by atoms with Gasteiger partial charge in [0.1, 0.15) is 23.4 Å². The third-order valence-corrected chi connectivity index (χ3v) is 10.6. The summed E-state index contributed by atoms with van der Waals surface area (Å²) in [5.74, 6) is -2.38. The molecule has 5 saturated heterocycles. The molecule has 8 atom stereocenters. The fraction of sp³-hybridized carbons (Fsp3) is 0.656. The van der Waals surface area contributed by atoms with Crippen LogP contribution in [0.2, 0.25) is 0 Å². The van der Waals surface area contributed by atoms with Crippen LogP contribution in [0, 0.1) is 6.92 Å². The Bertz CT molecular complexity index is 1580. The van der Waals surface area contributed by atoms with E-state index in [1.807, 2.05) is 19.9 Å². The molecule has 6 heterocycles. The van der Waals surface area contributed by atoms with Crippen molar-refractivity contribution in [2.75, 3.05) is 26.9 Å². The monoisotopic (exact) mass is 611 g/mol. The molecular weight excluding hydrogens is 574 g/mol. The number of aromatic hydroxyl groups is 1. The molecule has 12 heteroatoms. The molecule has 3 N–H and O–H groups in total. The van der Waals surface area contributed by atoms with E-state index < -0.39 is 42.0 Å². The van der Waals surface area contributed by atoms with Gasteiger partial charge in [-0.05, 0) is 51.2 Å². The number of aryl methyl sites for hydroxylation is 1. The first-order valence-electron chi connectivity index (χ1n) is 15.7. The largest absolute Gasteiger partial charge is 0.506 e. The van der Waals surface area contributed by atoms with Crippen LogP contribution >= 0.6 is 0 Å². The fourth-order valence-corrected chi connectivity index (χ4v) is 8.44. The first kappa shape index (κ1) is 27.7. The highest BCUT2D eigenvalue weighted by Gasteiger charge is 2.94. The Morgan fingerprint density at radius 2 is 1.91 bits per heavy atom. The summed E-state index contributed by atoms with van der Waals surface area (Å²) in [5, 5.41) is 12.9. The zero-order valence-corrected chi connectivity index (χ0v) is 25.0. The molecule has 0 saturated carbocycles. The number of rotatable bonds is 4. The minimum Gasteiger partial charge on any atom is -0.506 e. The summed E-state index contributed by atoms with van der Waals surface area (Å²) in [6, 6.07) is 1.84. The molecule has 1 spiro atoms. The summed E-state index contributed by atoms with van der Waals surface area (Å²) in [7, 11) is 1.58. The standard InChI is InChI=1S/C32H37NO11/c1-14-12-17-23(24(35)22-16(25(17)36-3)6-4-7-19(22)34)26-21(14)27-28-31(42-26,41-20-9-8-18(33)15(2)40-20)30(13-39-30)32(43-27,44-28)29-37-10-5-11-38-29/h12,15,18,20,27-29,35H,4-11,13,33H2,1-3H3/t15?,18-,20+,27?,28?,30+,31-,32?/m1/s1. The van der Waals surface area contributed by atoms with E-state index >= 15 is 0 Å². The summed E-state index contributed by atoms with van der Waals surface area (Å²) >= 11 is 0. The lowest BCUT2D eigenvalue weighted by atomic mass is 9.78. The Balaban J connectivity index is 1.27. The van der Waals surface area contributed by atoms with E-state index in [9.17, 15) is 9.90 Å². The van der Waals surface area contributed by atoms with Crippen molar-refractivity contribution < 1.29 is 52.5 Å². The first-order chi connectivity index (χ1) is 21.2. The quantitative estimate of drug-likeness (QED) is 0.489. The van der Waals surface area contributed by atoms with Gasteiger partial charge < -0.3 is 53.5 Å². The fourth-order valence-electron chi connectivity index (χ4n) is 8.44. The Morgan fingerprint density at radius 1 is 1.11 bits per heavy atom. The molecule has 12 nitrogen and oxygen atoms in total. The lowest BCUT2D eigenvalue weighted by Gasteiger charge is -2.51. The highest BCUT2D eigenvalue weighted by Crippen LogP contribution is 2.72. The third-order valence-electron chi connectivity index (χ3n) is 10.6. The Morgan fingerprint density at radius 3 is 2.64 bits per heavy atom. The van der Waals surface area contributed by atoms with E-state index in [4.69, 9.17) is 48.4 Å². The summed E-state index contributed by atoms with van der Waals surface area (Å²) in [4.78, 5) is 13.2. The van der Waals surface area contributed by atoms with Crippen LogP contribution in [0.3, 0.4) is 0 Å². The SMILES string of the molecule is COc1c2c(c(O)c3c4c(c(C)cc13)C1OC3(C5OCCCO5)OC1[C@@](O[C@H]1CC[C@@H](N)C(C)O1)(O4)[C@@]31CO1)C(=O)CCC2. The molecule has 44 heavy (non-hydrogen) atoms. The van der Waals surface area contributed by atoms with Crippen molar-refractivity contribution in [2.45, 2.75) is 106 Å². The number of methoxy groups -OCH3 is 1. The minimum absolute atomic E-state index is 0.117. The molecule has 7 aliphatic rings. The second-order valence-electron chi connectivity index (χ2n) is 13.1. The number of epoxide rings is 1. The Hall–Kier alpha value is -2.55. The van der Waals surface area contributed by atoms with Crippen LogP contribution in [0.25, 0.3) is 10.8 Å². The molecule has 0 radical (unpaired) electrons. The number of carbonyl (C=O) groups is 1. The number of phenolic OH excluding ortho intramolecular Hbond substituents is 1. The van der Waals surface area contributed by atoms with Crippen LogP contribution < -0.4 is 15.2 Å². The maximum absolute atomic E-state index is 13.2.